The van der Waals surface area contributed by atoms with Gasteiger partial charge in [0.05, 0.1) is 0 Å². The summed E-state index contributed by atoms with van der Waals surface area (Å²) in [6.45, 7) is 4.74. The van der Waals surface area contributed by atoms with Crippen LogP contribution in [0.4, 0.5) is 0 Å². The maximum absolute atomic E-state index is 2.42. The van der Waals surface area contributed by atoms with E-state index in [1.165, 1.54) is 128 Å². The van der Waals surface area contributed by atoms with Crippen molar-refractivity contribution >= 4 is 95.3 Å². The Hall–Kier alpha value is -6.58. The summed E-state index contributed by atoms with van der Waals surface area (Å²) in [5, 5.41) is 13.1. The van der Waals surface area contributed by atoms with Crippen molar-refractivity contribution in [1.82, 2.24) is 0 Å². The summed E-state index contributed by atoms with van der Waals surface area (Å²) in [6, 6.07) is 68.6. The molecule has 2 aromatic heterocycles. The Balaban J connectivity index is 0.915. The number of thiophene rings is 2. The highest BCUT2D eigenvalue weighted by Gasteiger charge is 2.36. The average Bonchev–Trinajstić information content (AvgIpc) is 3.91. The number of hydrogen-bond donors (Lipinski definition) is 0. The molecule has 12 aromatic rings. The van der Waals surface area contributed by atoms with Crippen LogP contribution in [0.1, 0.15) is 25.0 Å². The van der Waals surface area contributed by atoms with E-state index in [1.807, 2.05) is 22.7 Å². The lowest BCUT2D eigenvalue weighted by molar-refractivity contribution is 0.661. The SMILES string of the molecule is CC1(C)c2ccccc2-c2c1ccc1c2sc2cc3cc(-c4ccc(-c5c6ccccc6c(-c6ccc7c(c6)sc6ccccc67)c6ccccc56)cc4)ccc3cc21. The Morgan fingerprint density at radius 3 is 1.66 bits per heavy atom. The molecule has 0 saturated carbocycles. The highest BCUT2D eigenvalue weighted by Crippen LogP contribution is 2.54. The van der Waals surface area contributed by atoms with Crippen LogP contribution in [-0.4, -0.2) is 0 Å². The van der Waals surface area contributed by atoms with E-state index in [0.29, 0.717) is 0 Å². The van der Waals surface area contributed by atoms with Crippen LogP contribution in [0.2, 0.25) is 0 Å². The first kappa shape index (κ1) is 33.4. The molecule has 1 aliphatic rings. The molecule has 10 aromatic carbocycles. The van der Waals surface area contributed by atoms with Crippen LogP contribution < -0.4 is 0 Å². The standard InChI is InChI=1S/C57H36S2/c1-57(2)48-17-9-7-16-46(48)55-49(57)28-27-45-47-30-36-24-23-35(29-38(36)32-52(47)59-56(45)55)33-19-21-34(22-20-33)53-41-12-3-5-14-43(41)54(44-15-6-4-13-42(44)53)37-25-26-40-39-11-8-10-18-50(39)58-51(40)31-37/h3-32H,1-2H3. The van der Waals surface area contributed by atoms with Crippen molar-refractivity contribution in [2.75, 3.05) is 0 Å². The van der Waals surface area contributed by atoms with Crippen LogP contribution in [0.5, 0.6) is 0 Å². The molecule has 0 spiro atoms. The van der Waals surface area contributed by atoms with Gasteiger partial charge in [-0.15, -0.1) is 22.7 Å². The predicted octanol–water partition coefficient (Wildman–Crippen LogP) is 17.2. The van der Waals surface area contributed by atoms with E-state index < -0.39 is 0 Å². The van der Waals surface area contributed by atoms with E-state index in [0.717, 1.165) is 0 Å². The maximum Gasteiger partial charge on any atom is 0.0437 e. The fourth-order valence-electron chi connectivity index (χ4n) is 10.4. The smallest absolute Gasteiger partial charge is 0.0437 e. The van der Waals surface area contributed by atoms with E-state index >= 15 is 0 Å². The molecule has 276 valence electrons. The topological polar surface area (TPSA) is 0 Å². The third-order valence-corrected chi connectivity index (χ3v) is 15.6. The van der Waals surface area contributed by atoms with E-state index in [-0.39, 0.29) is 5.41 Å². The Morgan fingerprint density at radius 2 is 0.898 bits per heavy atom. The van der Waals surface area contributed by atoms with Crippen LogP contribution in [0, 0.1) is 0 Å². The summed E-state index contributed by atoms with van der Waals surface area (Å²) in [7, 11) is 0. The molecule has 0 fully saturated rings. The Morgan fingerprint density at radius 1 is 0.322 bits per heavy atom. The van der Waals surface area contributed by atoms with Gasteiger partial charge in [0, 0.05) is 51.3 Å². The van der Waals surface area contributed by atoms with Gasteiger partial charge in [0.15, 0.2) is 0 Å². The minimum Gasteiger partial charge on any atom is -0.135 e. The molecule has 0 unspecified atom stereocenters. The lowest BCUT2D eigenvalue weighted by Gasteiger charge is -2.21. The van der Waals surface area contributed by atoms with Gasteiger partial charge in [0.25, 0.3) is 0 Å². The molecule has 0 atom stereocenters. The second-order valence-corrected chi connectivity index (χ2v) is 18.9. The Bertz CT molecular complexity index is 3690. The summed E-state index contributed by atoms with van der Waals surface area (Å²) < 4.78 is 5.43. The van der Waals surface area contributed by atoms with Crippen molar-refractivity contribution in [2.45, 2.75) is 19.3 Å². The van der Waals surface area contributed by atoms with Crippen LogP contribution in [0.25, 0.3) is 117 Å². The van der Waals surface area contributed by atoms with Gasteiger partial charge in [-0.3, -0.25) is 0 Å². The summed E-state index contributed by atoms with van der Waals surface area (Å²) in [4.78, 5) is 0. The lowest BCUT2D eigenvalue weighted by Crippen LogP contribution is -2.14. The lowest BCUT2D eigenvalue weighted by atomic mass is 9.82. The van der Waals surface area contributed by atoms with E-state index in [9.17, 15) is 0 Å². The molecular formula is C57H36S2. The third-order valence-electron chi connectivity index (χ3n) is 13.2. The fourth-order valence-corrected chi connectivity index (χ4v) is 12.8. The molecular weight excluding hydrogens is 749 g/mol. The summed E-state index contributed by atoms with van der Waals surface area (Å²) in [5.41, 5.74) is 13.3. The molecule has 0 nitrogen and oxygen atoms in total. The Kier molecular flexibility index (Phi) is 6.92. The molecule has 1 aliphatic carbocycles. The van der Waals surface area contributed by atoms with Crippen LogP contribution >= 0.6 is 22.7 Å². The number of hydrogen-bond acceptors (Lipinski definition) is 2. The van der Waals surface area contributed by atoms with Crippen molar-refractivity contribution in [3.05, 3.63) is 193 Å². The fraction of sp³-hybridized carbons (Fsp3) is 0.0526. The summed E-state index contributed by atoms with van der Waals surface area (Å²) >= 11 is 3.83. The highest BCUT2D eigenvalue weighted by molar-refractivity contribution is 7.26. The summed E-state index contributed by atoms with van der Waals surface area (Å²) in [6.07, 6.45) is 0. The van der Waals surface area contributed by atoms with Gasteiger partial charge in [-0.05, 0) is 113 Å². The van der Waals surface area contributed by atoms with Gasteiger partial charge in [0.1, 0.15) is 0 Å². The average molecular weight is 785 g/mol. The van der Waals surface area contributed by atoms with Gasteiger partial charge in [-0.25, -0.2) is 0 Å². The number of benzene rings is 10. The van der Waals surface area contributed by atoms with Crippen molar-refractivity contribution < 1.29 is 0 Å². The van der Waals surface area contributed by atoms with E-state index in [1.54, 1.807) is 0 Å². The maximum atomic E-state index is 2.42. The molecule has 0 N–H and O–H groups in total. The highest BCUT2D eigenvalue weighted by atomic mass is 32.1. The molecule has 0 saturated heterocycles. The van der Waals surface area contributed by atoms with Crippen molar-refractivity contribution in [3.8, 4) is 44.5 Å². The van der Waals surface area contributed by atoms with Crippen LogP contribution in [0.15, 0.2) is 182 Å². The summed E-state index contributed by atoms with van der Waals surface area (Å²) in [5.74, 6) is 0. The van der Waals surface area contributed by atoms with Crippen LogP contribution in [-0.2, 0) is 5.41 Å². The second-order valence-electron chi connectivity index (χ2n) is 16.8. The quantitative estimate of drug-likeness (QED) is 0.157. The zero-order chi connectivity index (χ0) is 39.0. The van der Waals surface area contributed by atoms with Gasteiger partial charge in [0.2, 0.25) is 0 Å². The predicted molar refractivity (Wildman–Crippen MR) is 259 cm³/mol. The molecule has 59 heavy (non-hydrogen) atoms. The first-order chi connectivity index (χ1) is 29.0. The molecule has 0 aliphatic heterocycles. The van der Waals surface area contributed by atoms with E-state index in [4.69, 9.17) is 0 Å². The molecule has 2 heteroatoms. The van der Waals surface area contributed by atoms with Crippen molar-refractivity contribution in [1.29, 1.82) is 0 Å². The van der Waals surface area contributed by atoms with Gasteiger partial charge >= 0.3 is 0 Å². The third kappa shape index (κ3) is 4.76. The zero-order valence-corrected chi connectivity index (χ0v) is 34.3. The van der Waals surface area contributed by atoms with Gasteiger partial charge in [-0.1, -0.05) is 166 Å². The molecule has 0 bridgehead atoms. The van der Waals surface area contributed by atoms with Gasteiger partial charge in [-0.2, -0.15) is 0 Å². The molecule has 2 heterocycles. The first-order valence-corrected chi connectivity index (χ1v) is 22.1. The van der Waals surface area contributed by atoms with Crippen molar-refractivity contribution in [3.63, 3.8) is 0 Å². The van der Waals surface area contributed by atoms with E-state index in [2.05, 4.69) is 196 Å². The second kappa shape index (κ2) is 12.2. The molecule has 0 radical (unpaired) electrons. The largest absolute Gasteiger partial charge is 0.135 e. The van der Waals surface area contributed by atoms with Crippen LogP contribution in [0.3, 0.4) is 0 Å². The monoisotopic (exact) mass is 784 g/mol. The Labute approximate surface area is 350 Å². The normalized spacial score (nSPS) is 13.4. The minimum atomic E-state index is 0.00484. The number of rotatable bonds is 3. The minimum absolute atomic E-state index is 0.00484. The first-order valence-electron chi connectivity index (χ1n) is 20.5. The number of fused-ring (bicyclic) bond motifs is 13. The molecule has 13 rings (SSSR count). The zero-order valence-electron chi connectivity index (χ0n) is 32.6. The van der Waals surface area contributed by atoms with Crippen molar-refractivity contribution in [2.24, 2.45) is 0 Å². The van der Waals surface area contributed by atoms with Gasteiger partial charge < -0.3 is 0 Å². The molecule has 0 amide bonds.